The Bertz CT molecular complexity index is 521. The van der Waals surface area contributed by atoms with E-state index in [-0.39, 0.29) is 5.91 Å². The SMILES string of the molecule is Cc1cccc(C(=O)Nc2ncc(N)s2)c1. The lowest BCUT2D eigenvalue weighted by atomic mass is 10.1. The minimum atomic E-state index is -0.168. The van der Waals surface area contributed by atoms with E-state index in [1.165, 1.54) is 17.5 Å². The first-order valence-electron chi connectivity index (χ1n) is 4.74. The zero-order valence-corrected chi connectivity index (χ0v) is 9.54. The molecule has 0 atom stereocenters. The Kier molecular flexibility index (Phi) is 2.87. The van der Waals surface area contributed by atoms with Gasteiger partial charge in [0.1, 0.15) is 5.00 Å². The average molecular weight is 233 g/mol. The van der Waals surface area contributed by atoms with E-state index in [1.807, 2.05) is 25.1 Å². The lowest BCUT2D eigenvalue weighted by Crippen LogP contribution is -2.11. The van der Waals surface area contributed by atoms with Gasteiger partial charge < -0.3 is 5.73 Å². The third-order valence-electron chi connectivity index (χ3n) is 2.02. The highest BCUT2D eigenvalue weighted by Crippen LogP contribution is 2.20. The monoisotopic (exact) mass is 233 g/mol. The van der Waals surface area contributed by atoms with Gasteiger partial charge in [-0.25, -0.2) is 4.98 Å². The van der Waals surface area contributed by atoms with Gasteiger partial charge in [-0.2, -0.15) is 0 Å². The van der Waals surface area contributed by atoms with Crippen LogP contribution in [0, 0.1) is 6.92 Å². The van der Waals surface area contributed by atoms with E-state index in [4.69, 9.17) is 5.73 Å². The van der Waals surface area contributed by atoms with E-state index in [0.29, 0.717) is 15.7 Å². The second-order valence-electron chi connectivity index (χ2n) is 3.39. The van der Waals surface area contributed by atoms with Gasteiger partial charge in [-0.15, -0.1) is 0 Å². The Morgan fingerprint density at radius 3 is 2.94 bits per heavy atom. The van der Waals surface area contributed by atoms with Crippen molar-refractivity contribution in [2.75, 3.05) is 11.1 Å². The molecule has 0 spiro atoms. The second kappa shape index (κ2) is 4.32. The third kappa shape index (κ3) is 2.38. The minimum Gasteiger partial charge on any atom is -0.389 e. The first-order valence-corrected chi connectivity index (χ1v) is 5.56. The molecule has 2 rings (SSSR count). The fourth-order valence-corrected chi connectivity index (χ4v) is 1.88. The largest absolute Gasteiger partial charge is 0.389 e. The average Bonchev–Trinajstić information content (AvgIpc) is 2.64. The number of nitrogen functional groups attached to an aromatic ring is 1. The molecule has 0 saturated heterocycles. The van der Waals surface area contributed by atoms with Gasteiger partial charge in [0.05, 0.1) is 6.20 Å². The molecule has 1 aromatic heterocycles. The van der Waals surface area contributed by atoms with Crippen molar-refractivity contribution in [3.05, 3.63) is 41.6 Å². The van der Waals surface area contributed by atoms with E-state index in [1.54, 1.807) is 6.07 Å². The van der Waals surface area contributed by atoms with Crippen LogP contribution in [0.4, 0.5) is 10.1 Å². The predicted molar refractivity (Wildman–Crippen MR) is 65.7 cm³/mol. The zero-order chi connectivity index (χ0) is 11.5. The summed E-state index contributed by atoms with van der Waals surface area (Å²) in [4.78, 5) is 15.8. The van der Waals surface area contributed by atoms with Gasteiger partial charge in [-0.05, 0) is 19.1 Å². The normalized spacial score (nSPS) is 10.1. The number of aryl methyl sites for hydroxylation is 1. The molecule has 82 valence electrons. The number of rotatable bonds is 2. The molecule has 0 unspecified atom stereocenters. The molecule has 0 radical (unpaired) electrons. The number of anilines is 2. The number of amides is 1. The Morgan fingerprint density at radius 2 is 2.31 bits per heavy atom. The maximum atomic E-state index is 11.8. The highest BCUT2D eigenvalue weighted by molar-refractivity contribution is 7.19. The highest BCUT2D eigenvalue weighted by Gasteiger charge is 2.07. The van der Waals surface area contributed by atoms with Crippen LogP contribution in [-0.4, -0.2) is 10.9 Å². The number of aromatic nitrogens is 1. The van der Waals surface area contributed by atoms with E-state index >= 15 is 0 Å². The van der Waals surface area contributed by atoms with E-state index < -0.39 is 0 Å². The molecule has 0 bridgehead atoms. The van der Waals surface area contributed by atoms with Crippen molar-refractivity contribution in [2.45, 2.75) is 6.92 Å². The fourth-order valence-electron chi connectivity index (χ4n) is 1.30. The van der Waals surface area contributed by atoms with Crippen LogP contribution in [0.5, 0.6) is 0 Å². The van der Waals surface area contributed by atoms with Gasteiger partial charge in [0.2, 0.25) is 0 Å². The fraction of sp³-hybridized carbons (Fsp3) is 0.0909. The Morgan fingerprint density at radius 1 is 1.50 bits per heavy atom. The molecule has 0 aliphatic carbocycles. The molecule has 0 aliphatic heterocycles. The van der Waals surface area contributed by atoms with Crippen LogP contribution in [0.15, 0.2) is 30.5 Å². The molecule has 0 saturated carbocycles. The third-order valence-corrected chi connectivity index (χ3v) is 2.77. The summed E-state index contributed by atoms with van der Waals surface area (Å²) in [5.41, 5.74) is 7.19. The molecule has 16 heavy (non-hydrogen) atoms. The molecular weight excluding hydrogens is 222 g/mol. The molecule has 5 heteroatoms. The smallest absolute Gasteiger partial charge is 0.257 e. The number of benzene rings is 1. The lowest BCUT2D eigenvalue weighted by Gasteiger charge is -2.02. The Balaban J connectivity index is 2.14. The number of hydrogen-bond acceptors (Lipinski definition) is 4. The van der Waals surface area contributed by atoms with Crippen molar-refractivity contribution in [1.29, 1.82) is 0 Å². The predicted octanol–water partition coefficient (Wildman–Crippen LogP) is 2.29. The van der Waals surface area contributed by atoms with Crippen LogP contribution in [0.25, 0.3) is 0 Å². The van der Waals surface area contributed by atoms with E-state index in [0.717, 1.165) is 5.56 Å². The quantitative estimate of drug-likeness (QED) is 0.836. The van der Waals surface area contributed by atoms with E-state index in [9.17, 15) is 4.79 Å². The molecule has 0 fully saturated rings. The van der Waals surface area contributed by atoms with Gasteiger partial charge >= 0.3 is 0 Å². The maximum absolute atomic E-state index is 11.8. The number of nitrogens with two attached hydrogens (primary N) is 1. The molecule has 1 aromatic carbocycles. The number of thiazole rings is 1. The van der Waals surface area contributed by atoms with Gasteiger partial charge in [0, 0.05) is 5.56 Å². The molecule has 4 nitrogen and oxygen atoms in total. The van der Waals surface area contributed by atoms with Crippen LogP contribution in [0.3, 0.4) is 0 Å². The van der Waals surface area contributed by atoms with Crippen LogP contribution < -0.4 is 11.1 Å². The zero-order valence-electron chi connectivity index (χ0n) is 8.73. The number of nitrogens with zero attached hydrogens (tertiary/aromatic N) is 1. The van der Waals surface area contributed by atoms with Crippen LogP contribution >= 0.6 is 11.3 Å². The van der Waals surface area contributed by atoms with Crippen molar-refractivity contribution in [3.8, 4) is 0 Å². The van der Waals surface area contributed by atoms with Gasteiger partial charge in [-0.3, -0.25) is 10.1 Å². The first-order chi connectivity index (χ1) is 7.65. The van der Waals surface area contributed by atoms with Crippen molar-refractivity contribution in [3.63, 3.8) is 0 Å². The van der Waals surface area contributed by atoms with Crippen LogP contribution in [0.2, 0.25) is 0 Å². The summed E-state index contributed by atoms with van der Waals surface area (Å²) in [6.07, 6.45) is 1.52. The van der Waals surface area contributed by atoms with Gasteiger partial charge in [0.25, 0.3) is 5.91 Å². The van der Waals surface area contributed by atoms with Crippen molar-refractivity contribution in [2.24, 2.45) is 0 Å². The first kappa shape index (κ1) is 10.6. The van der Waals surface area contributed by atoms with Crippen molar-refractivity contribution >= 4 is 27.4 Å². The van der Waals surface area contributed by atoms with E-state index in [2.05, 4.69) is 10.3 Å². The molecular formula is C11H11N3OS. The van der Waals surface area contributed by atoms with Gasteiger partial charge in [0.15, 0.2) is 5.13 Å². The molecule has 0 aliphatic rings. The molecule has 1 amide bonds. The topological polar surface area (TPSA) is 68.0 Å². The van der Waals surface area contributed by atoms with Crippen molar-refractivity contribution in [1.82, 2.24) is 4.98 Å². The molecule has 1 heterocycles. The van der Waals surface area contributed by atoms with Gasteiger partial charge in [-0.1, -0.05) is 29.0 Å². The number of carbonyl (C=O) groups excluding carboxylic acids is 1. The standard InChI is InChI=1S/C11H11N3OS/c1-7-3-2-4-8(5-7)10(15)14-11-13-6-9(12)16-11/h2-6H,12H2,1H3,(H,13,14,15). The summed E-state index contributed by atoms with van der Waals surface area (Å²) in [7, 11) is 0. The summed E-state index contributed by atoms with van der Waals surface area (Å²) >= 11 is 1.25. The minimum absolute atomic E-state index is 0.168. The summed E-state index contributed by atoms with van der Waals surface area (Å²) in [5.74, 6) is -0.168. The summed E-state index contributed by atoms with van der Waals surface area (Å²) in [6.45, 7) is 1.94. The summed E-state index contributed by atoms with van der Waals surface area (Å²) in [6, 6.07) is 7.38. The van der Waals surface area contributed by atoms with Crippen LogP contribution in [-0.2, 0) is 0 Å². The number of hydrogen-bond donors (Lipinski definition) is 2. The Hall–Kier alpha value is -1.88. The Labute approximate surface area is 97.1 Å². The second-order valence-corrected chi connectivity index (χ2v) is 4.45. The van der Waals surface area contributed by atoms with Crippen molar-refractivity contribution < 1.29 is 4.79 Å². The number of carbonyl (C=O) groups is 1. The number of nitrogens with one attached hydrogen (secondary N) is 1. The highest BCUT2D eigenvalue weighted by atomic mass is 32.1. The lowest BCUT2D eigenvalue weighted by molar-refractivity contribution is 0.102. The molecule has 2 aromatic rings. The maximum Gasteiger partial charge on any atom is 0.257 e. The summed E-state index contributed by atoms with van der Waals surface area (Å²) in [5, 5.41) is 3.80. The van der Waals surface area contributed by atoms with Crippen LogP contribution in [0.1, 0.15) is 15.9 Å². The summed E-state index contributed by atoms with van der Waals surface area (Å²) < 4.78 is 0. The molecule has 3 N–H and O–H groups in total.